The highest BCUT2D eigenvalue weighted by molar-refractivity contribution is 7.12. The summed E-state index contributed by atoms with van der Waals surface area (Å²) in [6.45, 7) is 0. The van der Waals surface area contributed by atoms with E-state index in [2.05, 4.69) is 0 Å². The van der Waals surface area contributed by atoms with Crippen LogP contribution in [0.4, 0.5) is 0 Å². The molecule has 5 nitrogen and oxygen atoms in total. The Balaban J connectivity index is 2.21. The second kappa shape index (κ2) is 7.09. The topological polar surface area (TPSA) is 66.8 Å². The van der Waals surface area contributed by atoms with Crippen molar-refractivity contribution >= 4 is 23.2 Å². The summed E-state index contributed by atoms with van der Waals surface area (Å²) < 4.78 is 5.13. The quantitative estimate of drug-likeness (QED) is 0.888. The molecule has 0 aliphatic carbocycles. The summed E-state index contributed by atoms with van der Waals surface area (Å²) in [6.07, 6.45) is 0.256. The highest BCUT2D eigenvalue weighted by Crippen LogP contribution is 2.26. The lowest BCUT2D eigenvalue weighted by atomic mass is 10.0. The van der Waals surface area contributed by atoms with Gasteiger partial charge in [0.2, 0.25) is 0 Å². The van der Waals surface area contributed by atoms with E-state index >= 15 is 0 Å². The molecule has 1 N–H and O–H groups in total. The standard InChI is InChI=1S/C16H17NO4S/c1-17(15(18)14-13(21-2)8-9-22-14)12(16(19)20)10-11-6-4-3-5-7-11/h3-9,12H,10H2,1-2H3,(H,19,20). The van der Waals surface area contributed by atoms with Crippen molar-refractivity contribution < 1.29 is 19.4 Å². The summed E-state index contributed by atoms with van der Waals surface area (Å²) in [4.78, 5) is 25.7. The van der Waals surface area contributed by atoms with Gasteiger partial charge in [-0.3, -0.25) is 4.79 Å². The van der Waals surface area contributed by atoms with E-state index in [9.17, 15) is 14.7 Å². The molecule has 0 spiro atoms. The molecular weight excluding hydrogens is 302 g/mol. The number of thiophene rings is 1. The number of carbonyl (C=O) groups is 2. The number of hydrogen-bond acceptors (Lipinski definition) is 4. The van der Waals surface area contributed by atoms with Crippen LogP contribution in [0.1, 0.15) is 15.2 Å². The molecule has 6 heteroatoms. The molecule has 1 aromatic carbocycles. The third kappa shape index (κ3) is 3.46. The largest absolute Gasteiger partial charge is 0.495 e. The minimum atomic E-state index is -1.03. The van der Waals surface area contributed by atoms with Crippen LogP contribution in [0, 0.1) is 0 Å². The number of carboxylic acid groups (broad SMARTS) is 1. The van der Waals surface area contributed by atoms with E-state index in [0.717, 1.165) is 5.56 Å². The van der Waals surface area contributed by atoms with Crippen molar-refractivity contribution in [3.63, 3.8) is 0 Å². The monoisotopic (exact) mass is 319 g/mol. The molecule has 0 aliphatic rings. The molecule has 116 valence electrons. The first kappa shape index (κ1) is 16.0. The lowest BCUT2D eigenvalue weighted by Gasteiger charge is -2.24. The molecule has 0 fully saturated rings. The van der Waals surface area contributed by atoms with Gasteiger partial charge in [0.15, 0.2) is 0 Å². The first-order valence-electron chi connectivity index (χ1n) is 6.70. The number of benzene rings is 1. The average molecular weight is 319 g/mol. The molecule has 0 saturated carbocycles. The highest BCUT2D eigenvalue weighted by atomic mass is 32.1. The van der Waals surface area contributed by atoms with Crippen LogP contribution < -0.4 is 4.74 Å². The van der Waals surface area contributed by atoms with E-state index in [1.165, 1.54) is 30.4 Å². The van der Waals surface area contributed by atoms with Crippen molar-refractivity contribution in [1.29, 1.82) is 0 Å². The Morgan fingerprint density at radius 1 is 1.27 bits per heavy atom. The van der Waals surface area contributed by atoms with Crippen LogP contribution in [-0.4, -0.2) is 42.1 Å². The van der Waals surface area contributed by atoms with Gasteiger partial charge in [-0.1, -0.05) is 30.3 Å². The molecule has 2 rings (SSSR count). The van der Waals surface area contributed by atoms with E-state index < -0.39 is 12.0 Å². The molecule has 0 saturated heterocycles. The van der Waals surface area contributed by atoms with Crippen molar-refractivity contribution in [1.82, 2.24) is 4.90 Å². The SMILES string of the molecule is COc1ccsc1C(=O)N(C)C(Cc1ccccc1)C(=O)O. The number of hydrogen-bond donors (Lipinski definition) is 1. The lowest BCUT2D eigenvalue weighted by molar-refractivity contribution is -0.141. The zero-order valence-corrected chi connectivity index (χ0v) is 13.2. The predicted molar refractivity (Wildman–Crippen MR) is 84.5 cm³/mol. The maximum atomic E-state index is 12.5. The summed E-state index contributed by atoms with van der Waals surface area (Å²) in [5.41, 5.74) is 0.868. The molecule has 1 atom stereocenters. The zero-order chi connectivity index (χ0) is 16.1. The van der Waals surface area contributed by atoms with Crippen LogP contribution in [0.15, 0.2) is 41.8 Å². The van der Waals surface area contributed by atoms with E-state index in [1.54, 1.807) is 11.4 Å². The minimum absolute atomic E-state index is 0.256. The normalized spacial score (nSPS) is 11.7. The molecule has 1 aromatic heterocycles. The molecule has 2 aromatic rings. The van der Waals surface area contributed by atoms with Gasteiger partial charge < -0.3 is 14.7 Å². The number of amides is 1. The second-order valence-electron chi connectivity index (χ2n) is 4.78. The molecule has 1 amide bonds. The fraction of sp³-hybridized carbons (Fsp3) is 0.250. The summed E-state index contributed by atoms with van der Waals surface area (Å²) in [6, 6.07) is 10.0. The molecule has 0 bridgehead atoms. The van der Waals surface area contributed by atoms with Gasteiger partial charge in [-0.2, -0.15) is 0 Å². The Morgan fingerprint density at radius 3 is 2.55 bits per heavy atom. The average Bonchev–Trinajstić information content (AvgIpc) is 3.00. The van der Waals surface area contributed by atoms with E-state index in [-0.39, 0.29) is 12.3 Å². The van der Waals surface area contributed by atoms with Gasteiger partial charge in [0, 0.05) is 13.5 Å². The van der Waals surface area contributed by atoms with Gasteiger partial charge in [-0.25, -0.2) is 4.79 Å². The third-order valence-corrected chi connectivity index (χ3v) is 4.27. The van der Waals surface area contributed by atoms with E-state index in [0.29, 0.717) is 10.6 Å². The number of carboxylic acids is 1. The molecule has 1 unspecified atom stereocenters. The molecule has 22 heavy (non-hydrogen) atoms. The Kier molecular flexibility index (Phi) is 5.16. The van der Waals surface area contributed by atoms with Crippen LogP contribution in [0.2, 0.25) is 0 Å². The van der Waals surface area contributed by atoms with Crippen LogP contribution >= 0.6 is 11.3 Å². The van der Waals surface area contributed by atoms with Crippen LogP contribution in [0.25, 0.3) is 0 Å². The number of ether oxygens (including phenoxy) is 1. The Bertz CT molecular complexity index is 653. The van der Waals surface area contributed by atoms with Crippen LogP contribution in [-0.2, 0) is 11.2 Å². The molecule has 1 heterocycles. The van der Waals surface area contributed by atoms with Crippen molar-refractivity contribution in [2.45, 2.75) is 12.5 Å². The number of nitrogens with zero attached hydrogens (tertiary/aromatic N) is 1. The van der Waals surface area contributed by atoms with Gasteiger partial charge in [0.05, 0.1) is 7.11 Å². The number of rotatable bonds is 6. The van der Waals surface area contributed by atoms with Gasteiger partial charge in [-0.15, -0.1) is 11.3 Å². The van der Waals surface area contributed by atoms with Gasteiger partial charge in [0.1, 0.15) is 16.7 Å². The number of methoxy groups -OCH3 is 1. The first-order valence-corrected chi connectivity index (χ1v) is 7.58. The smallest absolute Gasteiger partial charge is 0.326 e. The number of likely N-dealkylation sites (N-methyl/N-ethyl adjacent to an activating group) is 1. The Hall–Kier alpha value is -2.34. The van der Waals surface area contributed by atoms with Gasteiger partial charge in [0.25, 0.3) is 5.91 Å². The van der Waals surface area contributed by atoms with E-state index in [1.807, 2.05) is 30.3 Å². The van der Waals surface area contributed by atoms with Gasteiger partial charge in [-0.05, 0) is 17.0 Å². The molecule has 0 aliphatic heterocycles. The van der Waals surface area contributed by atoms with E-state index in [4.69, 9.17) is 4.74 Å². The van der Waals surface area contributed by atoms with Crippen molar-refractivity contribution in [2.24, 2.45) is 0 Å². The fourth-order valence-corrected chi connectivity index (χ4v) is 2.98. The molecular formula is C16H17NO4S. The number of carbonyl (C=O) groups excluding carboxylic acids is 1. The van der Waals surface area contributed by atoms with Crippen molar-refractivity contribution in [3.8, 4) is 5.75 Å². The first-order chi connectivity index (χ1) is 10.5. The van der Waals surface area contributed by atoms with Crippen molar-refractivity contribution in [2.75, 3.05) is 14.2 Å². The summed E-state index contributed by atoms with van der Waals surface area (Å²) in [7, 11) is 2.99. The highest BCUT2D eigenvalue weighted by Gasteiger charge is 2.29. The summed E-state index contributed by atoms with van der Waals surface area (Å²) >= 11 is 1.24. The fourth-order valence-electron chi connectivity index (χ4n) is 2.14. The summed E-state index contributed by atoms with van der Waals surface area (Å²) in [5.74, 6) is -0.920. The van der Waals surface area contributed by atoms with Gasteiger partial charge >= 0.3 is 5.97 Å². The Morgan fingerprint density at radius 2 is 1.95 bits per heavy atom. The second-order valence-corrected chi connectivity index (χ2v) is 5.69. The molecule has 0 radical (unpaired) electrons. The zero-order valence-electron chi connectivity index (χ0n) is 12.4. The van der Waals surface area contributed by atoms with Crippen molar-refractivity contribution in [3.05, 3.63) is 52.2 Å². The summed E-state index contributed by atoms with van der Waals surface area (Å²) in [5, 5.41) is 11.2. The van der Waals surface area contributed by atoms with Crippen LogP contribution in [0.5, 0.6) is 5.75 Å². The lowest BCUT2D eigenvalue weighted by Crippen LogP contribution is -2.43. The number of aliphatic carboxylic acids is 1. The Labute approximate surface area is 132 Å². The predicted octanol–water partition coefficient (Wildman–Crippen LogP) is 2.52. The maximum Gasteiger partial charge on any atom is 0.326 e. The maximum absolute atomic E-state index is 12.5. The third-order valence-electron chi connectivity index (χ3n) is 3.39. The minimum Gasteiger partial charge on any atom is -0.495 e. The van der Waals surface area contributed by atoms with Crippen LogP contribution in [0.3, 0.4) is 0 Å².